The van der Waals surface area contributed by atoms with Crippen molar-refractivity contribution >= 4 is 33.5 Å². The van der Waals surface area contributed by atoms with Crippen LogP contribution in [-0.4, -0.2) is 26.2 Å². The van der Waals surface area contributed by atoms with Crippen LogP contribution in [0.4, 0.5) is 0 Å². The molecule has 5 heteroatoms. The number of hydrogen-bond donors (Lipinski definition) is 0. The fraction of sp³-hybridized carbons (Fsp3) is 0.0769. The number of esters is 2. The van der Waals surface area contributed by atoms with Gasteiger partial charge in [0.25, 0.3) is 0 Å². The van der Waals surface area contributed by atoms with E-state index in [1.807, 2.05) is 66.7 Å². The first-order valence-corrected chi connectivity index (χ1v) is 9.68. The van der Waals surface area contributed by atoms with Gasteiger partial charge in [-0.25, -0.2) is 9.59 Å². The Morgan fingerprint density at radius 1 is 0.645 bits per heavy atom. The highest BCUT2D eigenvalue weighted by atomic mass is 16.5. The monoisotopic (exact) mass is 412 g/mol. The van der Waals surface area contributed by atoms with Crippen LogP contribution in [0.15, 0.2) is 84.9 Å². The van der Waals surface area contributed by atoms with Crippen molar-refractivity contribution in [2.75, 3.05) is 14.2 Å². The molecule has 0 aliphatic heterocycles. The second-order valence-corrected chi connectivity index (χ2v) is 6.80. The summed E-state index contributed by atoms with van der Waals surface area (Å²) in [6.07, 6.45) is 2.08. The van der Waals surface area contributed by atoms with Gasteiger partial charge in [0.1, 0.15) is 11.5 Å². The largest absolute Gasteiger partial charge is 0.496 e. The number of benzene rings is 4. The lowest BCUT2D eigenvalue weighted by Gasteiger charge is -2.15. The molecule has 0 aromatic heterocycles. The van der Waals surface area contributed by atoms with Crippen molar-refractivity contribution in [2.24, 2.45) is 0 Å². The Bertz CT molecular complexity index is 1310. The van der Waals surface area contributed by atoms with Crippen LogP contribution in [0.25, 0.3) is 32.7 Å². The minimum Gasteiger partial charge on any atom is -0.496 e. The summed E-state index contributed by atoms with van der Waals surface area (Å²) in [6.45, 7) is 0. The van der Waals surface area contributed by atoms with E-state index in [4.69, 9.17) is 9.47 Å². The number of rotatable bonds is 5. The molecule has 31 heavy (non-hydrogen) atoms. The summed E-state index contributed by atoms with van der Waals surface area (Å²) in [4.78, 5) is 23.6. The maximum absolute atomic E-state index is 12.3. The number of carbonyl (C=O) groups excluding carboxylic acids is 2. The van der Waals surface area contributed by atoms with E-state index in [0.29, 0.717) is 5.75 Å². The van der Waals surface area contributed by atoms with Gasteiger partial charge >= 0.3 is 11.9 Å². The van der Waals surface area contributed by atoms with Crippen molar-refractivity contribution in [3.63, 3.8) is 0 Å². The minimum absolute atomic E-state index is 0.402. The van der Waals surface area contributed by atoms with Gasteiger partial charge in [-0.15, -0.1) is 0 Å². The Morgan fingerprint density at radius 3 is 1.68 bits per heavy atom. The molecule has 0 saturated heterocycles. The van der Waals surface area contributed by atoms with E-state index >= 15 is 0 Å². The van der Waals surface area contributed by atoms with Crippen molar-refractivity contribution in [1.82, 2.24) is 0 Å². The highest BCUT2D eigenvalue weighted by Gasteiger charge is 2.15. The number of fused-ring (bicyclic) bond motifs is 2. The molecule has 0 atom stereocenters. The second-order valence-electron chi connectivity index (χ2n) is 6.80. The minimum atomic E-state index is -0.664. The van der Waals surface area contributed by atoms with Gasteiger partial charge < -0.3 is 14.2 Å². The summed E-state index contributed by atoms with van der Waals surface area (Å²) in [7, 11) is 2.89. The smallest absolute Gasteiger partial charge is 0.336 e. The number of hydrogen-bond acceptors (Lipinski definition) is 5. The lowest BCUT2D eigenvalue weighted by atomic mass is 9.93. The quantitative estimate of drug-likeness (QED) is 0.253. The molecule has 4 aromatic carbocycles. The lowest BCUT2D eigenvalue weighted by Crippen LogP contribution is -2.06. The zero-order valence-corrected chi connectivity index (χ0v) is 17.1. The molecule has 0 N–H and O–H groups in total. The highest BCUT2D eigenvalue weighted by Crippen LogP contribution is 2.41. The molecule has 4 rings (SSSR count). The number of methoxy groups -OCH3 is 2. The molecule has 0 radical (unpaired) electrons. The van der Waals surface area contributed by atoms with Crippen LogP contribution in [0.5, 0.6) is 11.5 Å². The Morgan fingerprint density at radius 2 is 1.13 bits per heavy atom. The van der Waals surface area contributed by atoms with E-state index < -0.39 is 11.9 Å². The van der Waals surface area contributed by atoms with Gasteiger partial charge in [0, 0.05) is 22.9 Å². The summed E-state index contributed by atoms with van der Waals surface area (Å²) >= 11 is 0. The molecule has 154 valence electrons. The summed E-state index contributed by atoms with van der Waals surface area (Å²) in [5.74, 6) is -0.123. The Kier molecular flexibility index (Phi) is 5.67. The Hall–Kier alpha value is -4.12. The lowest BCUT2D eigenvalue weighted by molar-refractivity contribution is -0.135. The Labute approximate surface area is 179 Å². The average Bonchev–Trinajstić information content (AvgIpc) is 2.81. The SMILES string of the molecule is COC(=O)/C=C/C(=O)Oc1cccc2cccc(-c3cccc4cccc(OC)c34)c12. The van der Waals surface area contributed by atoms with Crippen LogP contribution in [0.1, 0.15) is 0 Å². The highest BCUT2D eigenvalue weighted by molar-refractivity contribution is 6.10. The maximum atomic E-state index is 12.3. The van der Waals surface area contributed by atoms with Crippen LogP contribution in [-0.2, 0) is 14.3 Å². The zero-order valence-electron chi connectivity index (χ0n) is 17.1. The molecular formula is C26H20O5. The molecule has 0 amide bonds. The standard InChI is InChI=1S/C26H20O5/c1-29-21-13-5-9-17-7-3-11-19(25(17)21)20-12-4-8-18-10-6-14-22(26(18)20)31-24(28)16-15-23(27)30-2/h3-16H,1-2H3/b16-15+. The van der Waals surface area contributed by atoms with Gasteiger partial charge in [0.05, 0.1) is 14.2 Å². The average molecular weight is 412 g/mol. The number of ether oxygens (including phenoxy) is 3. The maximum Gasteiger partial charge on any atom is 0.336 e. The van der Waals surface area contributed by atoms with E-state index in [-0.39, 0.29) is 0 Å². The van der Waals surface area contributed by atoms with Gasteiger partial charge in [-0.1, -0.05) is 60.7 Å². The van der Waals surface area contributed by atoms with Crippen molar-refractivity contribution in [3.05, 3.63) is 84.9 Å². The van der Waals surface area contributed by atoms with Crippen LogP contribution >= 0.6 is 0 Å². The third-order valence-corrected chi connectivity index (χ3v) is 5.01. The molecule has 0 aliphatic carbocycles. The van der Waals surface area contributed by atoms with Crippen LogP contribution in [0.3, 0.4) is 0 Å². The Balaban J connectivity index is 1.90. The summed E-state index contributed by atoms with van der Waals surface area (Å²) in [6, 6.07) is 23.4. The predicted molar refractivity (Wildman–Crippen MR) is 120 cm³/mol. The molecule has 5 nitrogen and oxygen atoms in total. The molecule has 0 fully saturated rings. The first-order valence-electron chi connectivity index (χ1n) is 9.68. The van der Waals surface area contributed by atoms with E-state index in [1.54, 1.807) is 13.2 Å². The molecule has 0 saturated carbocycles. The van der Waals surface area contributed by atoms with E-state index in [9.17, 15) is 9.59 Å². The zero-order chi connectivity index (χ0) is 21.8. The van der Waals surface area contributed by atoms with Crippen LogP contribution in [0, 0.1) is 0 Å². The van der Waals surface area contributed by atoms with E-state index in [1.165, 1.54) is 7.11 Å². The van der Waals surface area contributed by atoms with Crippen molar-refractivity contribution in [2.45, 2.75) is 0 Å². The first-order chi connectivity index (χ1) is 15.1. The normalized spacial score (nSPS) is 11.0. The van der Waals surface area contributed by atoms with Gasteiger partial charge in [0.2, 0.25) is 0 Å². The van der Waals surface area contributed by atoms with Crippen LogP contribution < -0.4 is 9.47 Å². The van der Waals surface area contributed by atoms with E-state index in [0.717, 1.165) is 50.6 Å². The van der Waals surface area contributed by atoms with Crippen molar-refractivity contribution < 1.29 is 23.8 Å². The first kappa shape index (κ1) is 20.2. The molecule has 0 aliphatic rings. The van der Waals surface area contributed by atoms with Gasteiger partial charge in [-0.3, -0.25) is 0 Å². The second kappa shape index (κ2) is 8.71. The summed E-state index contributed by atoms with van der Waals surface area (Å²) in [5, 5.41) is 3.74. The molecule has 0 unspecified atom stereocenters. The summed E-state index contributed by atoms with van der Waals surface area (Å²) < 4.78 is 15.7. The third-order valence-electron chi connectivity index (χ3n) is 5.01. The van der Waals surface area contributed by atoms with Gasteiger partial charge in [0.15, 0.2) is 0 Å². The number of carbonyl (C=O) groups is 2. The molecule has 0 bridgehead atoms. The van der Waals surface area contributed by atoms with Crippen LogP contribution in [0.2, 0.25) is 0 Å². The molecular weight excluding hydrogens is 392 g/mol. The predicted octanol–water partition coefficient (Wildman–Crippen LogP) is 5.30. The third kappa shape index (κ3) is 3.98. The fourth-order valence-electron chi connectivity index (χ4n) is 3.66. The summed E-state index contributed by atoms with van der Waals surface area (Å²) in [5.41, 5.74) is 1.88. The van der Waals surface area contributed by atoms with Crippen molar-refractivity contribution in [3.8, 4) is 22.6 Å². The molecule has 0 spiro atoms. The topological polar surface area (TPSA) is 61.8 Å². The fourth-order valence-corrected chi connectivity index (χ4v) is 3.66. The van der Waals surface area contributed by atoms with Gasteiger partial charge in [-0.05, 0) is 34.0 Å². The van der Waals surface area contributed by atoms with E-state index in [2.05, 4.69) is 4.74 Å². The van der Waals surface area contributed by atoms with Gasteiger partial charge in [-0.2, -0.15) is 0 Å². The molecule has 0 heterocycles. The van der Waals surface area contributed by atoms with Crippen molar-refractivity contribution in [1.29, 1.82) is 0 Å². The molecule has 4 aromatic rings.